The fourth-order valence-corrected chi connectivity index (χ4v) is 3.62. The van der Waals surface area contributed by atoms with Gasteiger partial charge in [-0.3, -0.25) is 9.59 Å². The molecule has 8 heteroatoms. The van der Waals surface area contributed by atoms with E-state index in [-0.39, 0.29) is 25.0 Å². The van der Waals surface area contributed by atoms with Crippen LogP contribution in [0.1, 0.15) is 26.3 Å². The van der Waals surface area contributed by atoms with Gasteiger partial charge in [0.2, 0.25) is 5.91 Å². The molecule has 0 bridgehead atoms. The van der Waals surface area contributed by atoms with Crippen molar-refractivity contribution in [3.63, 3.8) is 0 Å². The van der Waals surface area contributed by atoms with E-state index >= 15 is 0 Å². The minimum atomic E-state index is -0.681. The van der Waals surface area contributed by atoms with Gasteiger partial charge in [-0.25, -0.2) is 0 Å². The third kappa shape index (κ3) is 7.49. The Balaban J connectivity index is 2.15. The van der Waals surface area contributed by atoms with E-state index in [1.54, 1.807) is 37.3 Å². The summed E-state index contributed by atoms with van der Waals surface area (Å²) in [6, 6.07) is 11.7. The second-order valence-corrected chi connectivity index (χ2v) is 9.09. The lowest BCUT2D eigenvalue weighted by Crippen LogP contribution is -2.49. The molecular weight excluding hydrogens is 491 g/mol. The van der Waals surface area contributed by atoms with Crippen LogP contribution in [0.3, 0.4) is 0 Å². The van der Waals surface area contributed by atoms with Crippen LogP contribution in [0.25, 0.3) is 0 Å². The monoisotopic (exact) mass is 514 g/mol. The zero-order valence-electron chi connectivity index (χ0n) is 17.1. The van der Waals surface area contributed by atoms with Crippen molar-refractivity contribution in [2.75, 3.05) is 13.2 Å². The minimum Gasteiger partial charge on any atom is -0.482 e. The van der Waals surface area contributed by atoms with Crippen molar-refractivity contribution >= 4 is 50.9 Å². The first kappa shape index (κ1) is 24.5. The summed E-state index contributed by atoms with van der Waals surface area (Å²) in [6.07, 6.45) is 0. The Hall–Kier alpha value is -1.76. The maximum absolute atomic E-state index is 13.0. The standard InChI is InChI=1S/C22H25BrCl2N2O3/c1-14(2)11-26-22(29)15(3)27(12-16-5-4-6-18(24)9-16)21(28)13-30-20-8-7-17(23)10-19(20)25/h4-10,14-15H,11-13H2,1-3H3,(H,26,29). The fourth-order valence-electron chi connectivity index (χ4n) is 2.68. The Labute approximate surface area is 195 Å². The predicted octanol–water partition coefficient (Wildman–Crippen LogP) is 5.32. The summed E-state index contributed by atoms with van der Waals surface area (Å²) in [7, 11) is 0. The van der Waals surface area contributed by atoms with Crippen LogP contribution in [-0.4, -0.2) is 35.9 Å². The molecule has 0 radical (unpaired) electrons. The topological polar surface area (TPSA) is 58.6 Å². The molecule has 0 aliphatic heterocycles. The lowest BCUT2D eigenvalue weighted by Gasteiger charge is -2.29. The van der Waals surface area contributed by atoms with Crippen LogP contribution in [0.4, 0.5) is 0 Å². The number of nitrogens with one attached hydrogen (secondary N) is 1. The number of benzene rings is 2. The molecule has 5 nitrogen and oxygen atoms in total. The van der Waals surface area contributed by atoms with Gasteiger partial charge in [0.1, 0.15) is 11.8 Å². The van der Waals surface area contributed by atoms with Crippen LogP contribution in [0, 0.1) is 5.92 Å². The minimum absolute atomic E-state index is 0.222. The van der Waals surface area contributed by atoms with Crippen molar-refractivity contribution in [1.82, 2.24) is 10.2 Å². The average Bonchev–Trinajstić information content (AvgIpc) is 2.68. The predicted molar refractivity (Wildman–Crippen MR) is 124 cm³/mol. The highest BCUT2D eigenvalue weighted by atomic mass is 79.9. The van der Waals surface area contributed by atoms with Crippen molar-refractivity contribution in [1.29, 1.82) is 0 Å². The van der Waals surface area contributed by atoms with Gasteiger partial charge in [-0.1, -0.05) is 65.1 Å². The number of hydrogen-bond donors (Lipinski definition) is 1. The zero-order chi connectivity index (χ0) is 22.3. The first-order valence-electron chi connectivity index (χ1n) is 9.57. The van der Waals surface area contributed by atoms with Crippen LogP contribution in [0.2, 0.25) is 10.0 Å². The molecule has 1 atom stereocenters. The van der Waals surface area contributed by atoms with Gasteiger partial charge in [-0.05, 0) is 48.7 Å². The van der Waals surface area contributed by atoms with Crippen molar-refractivity contribution in [3.8, 4) is 5.75 Å². The molecule has 0 spiro atoms. The Kier molecular flexibility index (Phi) is 9.46. The summed E-state index contributed by atoms with van der Waals surface area (Å²) in [4.78, 5) is 27.1. The normalized spacial score (nSPS) is 11.8. The third-order valence-corrected chi connectivity index (χ3v) is 5.36. The molecule has 0 aliphatic rings. The van der Waals surface area contributed by atoms with Crippen LogP contribution in [0.15, 0.2) is 46.9 Å². The molecule has 0 aliphatic carbocycles. The van der Waals surface area contributed by atoms with Crippen LogP contribution in [-0.2, 0) is 16.1 Å². The number of nitrogens with zero attached hydrogens (tertiary/aromatic N) is 1. The van der Waals surface area contributed by atoms with Gasteiger partial charge in [0.25, 0.3) is 5.91 Å². The quantitative estimate of drug-likeness (QED) is 0.491. The molecule has 30 heavy (non-hydrogen) atoms. The molecule has 1 unspecified atom stereocenters. The highest BCUT2D eigenvalue weighted by Gasteiger charge is 2.26. The first-order valence-corrected chi connectivity index (χ1v) is 11.1. The summed E-state index contributed by atoms with van der Waals surface area (Å²) in [6.45, 7) is 6.24. The number of carbonyl (C=O) groups is 2. The van der Waals surface area contributed by atoms with Gasteiger partial charge in [-0.15, -0.1) is 0 Å². The fraction of sp³-hybridized carbons (Fsp3) is 0.364. The Bertz CT molecular complexity index is 892. The molecular formula is C22H25BrCl2N2O3. The summed E-state index contributed by atoms with van der Waals surface area (Å²) in [5.74, 6) is 0.149. The van der Waals surface area contributed by atoms with E-state index in [1.165, 1.54) is 4.90 Å². The van der Waals surface area contributed by atoms with Gasteiger partial charge in [0.05, 0.1) is 5.02 Å². The number of ether oxygens (including phenoxy) is 1. The number of carbonyl (C=O) groups excluding carboxylic acids is 2. The molecule has 2 rings (SSSR count). The van der Waals surface area contributed by atoms with E-state index in [4.69, 9.17) is 27.9 Å². The van der Waals surface area contributed by atoms with Crippen LogP contribution >= 0.6 is 39.1 Å². The highest BCUT2D eigenvalue weighted by molar-refractivity contribution is 9.10. The first-order chi connectivity index (χ1) is 14.2. The summed E-state index contributed by atoms with van der Waals surface area (Å²) in [5.41, 5.74) is 0.820. The maximum Gasteiger partial charge on any atom is 0.261 e. The highest BCUT2D eigenvalue weighted by Crippen LogP contribution is 2.27. The molecule has 2 aromatic rings. The van der Waals surface area contributed by atoms with Gasteiger partial charge in [0, 0.05) is 22.6 Å². The van der Waals surface area contributed by atoms with Crippen molar-refractivity contribution in [3.05, 3.63) is 62.5 Å². The Morgan fingerprint density at radius 3 is 2.50 bits per heavy atom. The molecule has 0 fully saturated rings. The lowest BCUT2D eigenvalue weighted by atomic mass is 10.1. The zero-order valence-corrected chi connectivity index (χ0v) is 20.2. The molecule has 0 saturated carbocycles. The van der Waals surface area contributed by atoms with Crippen LogP contribution < -0.4 is 10.1 Å². The molecule has 2 amide bonds. The molecule has 0 aromatic heterocycles. The number of amides is 2. The average molecular weight is 516 g/mol. The van der Waals surface area contributed by atoms with E-state index < -0.39 is 6.04 Å². The maximum atomic E-state index is 13.0. The van der Waals surface area contributed by atoms with Crippen LogP contribution in [0.5, 0.6) is 5.75 Å². The van der Waals surface area contributed by atoms with E-state index in [9.17, 15) is 9.59 Å². The molecule has 1 N–H and O–H groups in total. The SMILES string of the molecule is CC(C)CNC(=O)C(C)N(Cc1cccc(Cl)c1)C(=O)COc1ccc(Br)cc1Cl. The number of rotatable bonds is 9. The molecule has 162 valence electrons. The summed E-state index contributed by atoms with van der Waals surface area (Å²) >= 11 is 15.6. The number of halogens is 3. The Morgan fingerprint density at radius 2 is 1.87 bits per heavy atom. The second kappa shape index (κ2) is 11.6. The van der Waals surface area contributed by atoms with Crippen molar-refractivity contribution < 1.29 is 14.3 Å². The molecule has 0 saturated heterocycles. The van der Waals surface area contributed by atoms with Gasteiger partial charge >= 0.3 is 0 Å². The molecule has 2 aromatic carbocycles. The van der Waals surface area contributed by atoms with E-state index in [2.05, 4.69) is 21.2 Å². The van der Waals surface area contributed by atoms with Crippen molar-refractivity contribution in [2.45, 2.75) is 33.4 Å². The summed E-state index contributed by atoms with van der Waals surface area (Å²) in [5, 5.41) is 3.83. The van der Waals surface area contributed by atoms with E-state index in [0.717, 1.165) is 10.0 Å². The number of hydrogen-bond acceptors (Lipinski definition) is 3. The van der Waals surface area contributed by atoms with E-state index in [0.29, 0.717) is 28.3 Å². The largest absolute Gasteiger partial charge is 0.482 e. The van der Waals surface area contributed by atoms with Gasteiger partial charge in [0.15, 0.2) is 6.61 Å². The smallest absolute Gasteiger partial charge is 0.261 e. The lowest BCUT2D eigenvalue weighted by molar-refractivity contribution is -0.142. The summed E-state index contributed by atoms with van der Waals surface area (Å²) < 4.78 is 6.43. The third-order valence-electron chi connectivity index (χ3n) is 4.34. The van der Waals surface area contributed by atoms with Gasteiger partial charge < -0.3 is 15.0 Å². The second-order valence-electron chi connectivity index (χ2n) is 7.33. The van der Waals surface area contributed by atoms with Gasteiger partial charge in [-0.2, -0.15) is 0 Å². The Morgan fingerprint density at radius 1 is 1.13 bits per heavy atom. The van der Waals surface area contributed by atoms with Crippen molar-refractivity contribution in [2.24, 2.45) is 5.92 Å². The van der Waals surface area contributed by atoms with E-state index in [1.807, 2.05) is 26.0 Å². The molecule has 0 heterocycles.